The van der Waals surface area contributed by atoms with Gasteiger partial charge in [-0.3, -0.25) is 0 Å². The van der Waals surface area contributed by atoms with E-state index in [2.05, 4.69) is 4.98 Å². The number of carboxylic acids is 1. The Balaban J connectivity index is 2.35. The minimum atomic E-state index is -1.28. The van der Waals surface area contributed by atoms with Crippen molar-refractivity contribution < 1.29 is 19.0 Å². The van der Waals surface area contributed by atoms with Gasteiger partial charge in [0.1, 0.15) is 22.3 Å². The number of aromatic carboxylic acids is 1. The van der Waals surface area contributed by atoms with Gasteiger partial charge in [0.15, 0.2) is 0 Å². The van der Waals surface area contributed by atoms with Crippen LogP contribution in [0, 0.1) is 5.82 Å². The molecular formula is C10H5ClFNO3S. The Morgan fingerprint density at radius 1 is 1.53 bits per heavy atom. The zero-order valence-corrected chi connectivity index (χ0v) is 9.76. The molecule has 0 aliphatic rings. The summed E-state index contributed by atoms with van der Waals surface area (Å²) in [5.74, 6) is -1.90. The Hall–Kier alpha value is -1.66. The molecule has 2 rings (SSSR count). The van der Waals surface area contributed by atoms with Gasteiger partial charge in [-0.05, 0) is 18.2 Å². The first-order chi connectivity index (χ1) is 8.06. The number of carboxylic acid groups (broad SMARTS) is 1. The highest BCUT2D eigenvalue weighted by Crippen LogP contribution is 2.29. The zero-order valence-electron chi connectivity index (χ0n) is 8.18. The number of ether oxygens (including phenoxy) is 1. The topological polar surface area (TPSA) is 59.4 Å². The molecule has 0 aliphatic heterocycles. The van der Waals surface area contributed by atoms with Crippen molar-refractivity contribution in [1.29, 1.82) is 0 Å². The second-order valence-electron chi connectivity index (χ2n) is 2.98. The molecule has 88 valence electrons. The molecule has 0 atom stereocenters. The largest absolute Gasteiger partial charge is 0.478 e. The van der Waals surface area contributed by atoms with Gasteiger partial charge < -0.3 is 9.84 Å². The quantitative estimate of drug-likeness (QED) is 0.931. The van der Waals surface area contributed by atoms with Crippen molar-refractivity contribution in [2.45, 2.75) is 0 Å². The van der Waals surface area contributed by atoms with Gasteiger partial charge in [0.25, 0.3) is 5.19 Å². The summed E-state index contributed by atoms with van der Waals surface area (Å²) in [6.07, 6.45) is 0. The maximum atomic E-state index is 12.9. The minimum Gasteiger partial charge on any atom is -0.478 e. The molecule has 1 N–H and O–H groups in total. The fourth-order valence-corrected chi connectivity index (χ4v) is 1.94. The lowest BCUT2D eigenvalue weighted by Crippen LogP contribution is -2.00. The van der Waals surface area contributed by atoms with Crippen LogP contribution in [0.15, 0.2) is 23.6 Å². The Labute approximate surface area is 104 Å². The first-order valence-corrected chi connectivity index (χ1v) is 5.64. The van der Waals surface area contributed by atoms with Crippen LogP contribution >= 0.6 is 22.9 Å². The molecule has 0 saturated carbocycles. The van der Waals surface area contributed by atoms with Gasteiger partial charge in [-0.15, -0.1) is 0 Å². The van der Waals surface area contributed by atoms with E-state index in [1.54, 1.807) is 5.38 Å². The third-order valence-electron chi connectivity index (χ3n) is 1.82. The smallest absolute Gasteiger partial charge is 0.339 e. The number of thiazole rings is 1. The van der Waals surface area contributed by atoms with Crippen LogP contribution in [0.4, 0.5) is 4.39 Å². The Bertz CT molecular complexity index is 572. The maximum absolute atomic E-state index is 12.9. The summed E-state index contributed by atoms with van der Waals surface area (Å²) in [4.78, 5) is 14.7. The van der Waals surface area contributed by atoms with Crippen LogP contribution < -0.4 is 4.74 Å². The third kappa shape index (κ3) is 2.72. The molecule has 0 radical (unpaired) electrons. The predicted molar refractivity (Wildman–Crippen MR) is 60.6 cm³/mol. The zero-order chi connectivity index (χ0) is 12.4. The number of nitrogens with zero attached hydrogens (tertiary/aromatic N) is 1. The highest BCUT2D eigenvalue weighted by atomic mass is 35.5. The van der Waals surface area contributed by atoms with Gasteiger partial charge in [-0.2, -0.15) is 4.98 Å². The molecule has 17 heavy (non-hydrogen) atoms. The summed E-state index contributed by atoms with van der Waals surface area (Å²) in [6.45, 7) is 0. The summed E-state index contributed by atoms with van der Waals surface area (Å²) >= 11 is 6.71. The molecule has 2 aromatic rings. The molecule has 0 saturated heterocycles. The molecule has 7 heteroatoms. The molecule has 0 bridgehead atoms. The number of aromatic nitrogens is 1. The monoisotopic (exact) mass is 273 g/mol. The van der Waals surface area contributed by atoms with Crippen molar-refractivity contribution in [2.75, 3.05) is 0 Å². The highest BCUT2D eigenvalue weighted by Gasteiger charge is 2.14. The lowest BCUT2D eigenvalue weighted by Gasteiger charge is -2.05. The van der Waals surface area contributed by atoms with Crippen molar-refractivity contribution in [3.63, 3.8) is 0 Å². The van der Waals surface area contributed by atoms with Crippen LogP contribution in [0.25, 0.3) is 0 Å². The van der Waals surface area contributed by atoms with Crippen molar-refractivity contribution in [1.82, 2.24) is 4.98 Å². The molecule has 0 aliphatic carbocycles. The van der Waals surface area contributed by atoms with Gasteiger partial charge >= 0.3 is 5.97 Å². The molecule has 0 spiro atoms. The Morgan fingerprint density at radius 2 is 2.29 bits per heavy atom. The Morgan fingerprint density at radius 3 is 2.88 bits per heavy atom. The second kappa shape index (κ2) is 4.68. The maximum Gasteiger partial charge on any atom is 0.339 e. The molecule has 1 aromatic heterocycles. The number of carbonyl (C=O) groups is 1. The molecule has 0 amide bonds. The standard InChI is InChI=1S/C10H5ClFNO3S/c11-8-4-17-10(13-8)16-7-2-1-5(12)3-6(7)9(14)15/h1-4H,(H,14,15). The van der Waals surface area contributed by atoms with E-state index in [1.807, 2.05) is 0 Å². The van der Waals surface area contributed by atoms with Gasteiger partial charge in [-0.25, -0.2) is 9.18 Å². The normalized spacial score (nSPS) is 10.2. The fraction of sp³-hybridized carbons (Fsp3) is 0. The van der Waals surface area contributed by atoms with E-state index >= 15 is 0 Å². The van der Waals surface area contributed by atoms with Crippen molar-refractivity contribution in [3.05, 3.63) is 40.1 Å². The lowest BCUT2D eigenvalue weighted by atomic mass is 10.2. The van der Waals surface area contributed by atoms with Crippen LogP contribution in [0.2, 0.25) is 5.15 Å². The van der Waals surface area contributed by atoms with E-state index in [4.69, 9.17) is 21.4 Å². The van der Waals surface area contributed by atoms with Gasteiger partial charge in [0, 0.05) is 5.38 Å². The molecule has 1 aromatic carbocycles. The SMILES string of the molecule is O=C(O)c1cc(F)ccc1Oc1nc(Cl)cs1. The number of benzene rings is 1. The predicted octanol–water partition coefficient (Wildman–Crippen LogP) is 3.43. The van der Waals surface area contributed by atoms with E-state index < -0.39 is 11.8 Å². The molecule has 0 fully saturated rings. The summed E-state index contributed by atoms with van der Waals surface area (Å²) in [7, 11) is 0. The Kier molecular flexibility index (Phi) is 3.26. The lowest BCUT2D eigenvalue weighted by molar-refractivity contribution is 0.0693. The van der Waals surface area contributed by atoms with Crippen molar-refractivity contribution in [2.24, 2.45) is 0 Å². The van der Waals surface area contributed by atoms with Crippen molar-refractivity contribution in [3.8, 4) is 10.9 Å². The third-order valence-corrected chi connectivity index (χ3v) is 2.86. The van der Waals surface area contributed by atoms with Crippen LogP contribution in [-0.4, -0.2) is 16.1 Å². The van der Waals surface area contributed by atoms with Gasteiger partial charge in [0.05, 0.1) is 0 Å². The van der Waals surface area contributed by atoms with Crippen LogP contribution in [0.5, 0.6) is 10.9 Å². The summed E-state index contributed by atoms with van der Waals surface area (Å²) in [5.41, 5.74) is -0.267. The molecule has 1 heterocycles. The van der Waals surface area contributed by atoms with Crippen LogP contribution in [0.3, 0.4) is 0 Å². The minimum absolute atomic E-state index is 0.0184. The first-order valence-electron chi connectivity index (χ1n) is 4.38. The number of halogens is 2. The summed E-state index contributed by atoms with van der Waals surface area (Å²) in [5, 5.41) is 10.9. The van der Waals surface area contributed by atoms with Crippen LogP contribution in [0.1, 0.15) is 10.4 Å². The van der Waals surface area contributed by atoms with E-state index in [9.17, 15) is 9.18 Å². The average molecular weight is 274 g/mol. The summed E-state index contributed by atoms with van der Waals surface area (Å²) in [6, 6.07) is 3.22. The van der Waals surface area contributed by atoms with E-state index in [1.165, 1.54) is 6.07 Å². The van der Waals surface area contributed by atoms with Crippen LogP contribution in [-0.2, 0) is 0 Å². The second-order valence-corrected chi connectivity index (χ2v) is 4.19. The molecule has 4 nitrogen and oxygen atoms in total. The number of rotatable bonds is 3. The van der Waals surface area contributed by atoms with E-state index in [-0.39, 0.29) is 21.7 Å². The van der Waals surface area contributed by atoms with E-state index in [0.717, 1.165) is 23.5 Å². The fourth-order valence-electron chi connectivity index (χ4n) is 1.14. The highest BCUT2D eigenvalue weighted by molar-refractivity contribution is 7.11. The first kappa shape index (κ1) is 11.8. The van der Waals surface area contributed by atoms with Gasteiger partial charge in [-0.1, -0.05) is 22.9 Å². The number of hydrogen-bond donors (Lipinski definition) is 1. The molecular weight excluding hydrogens is 269 g/mol. The number of hydrogen-bond acceptors (Lipinski definition) is 4. The van der Waals surface area contributed by atoms with Crippen molar-refractivity contribution >= 4 is 28.9 Å². The van der Waals surface area contributed by atoms with E-state index in [0.29, 0.717) is 0 Å². The average Bonchev–Trinajstić information content (AvgIpc) is 2.66. The molecule has 0 unspecified atom stereocenters. The van der Waals surface area contributed by atoms with Gasteiger partial charge in [0.2, 0.25) is 0 Å². The summed E-state index contributed by atoms with van der Waals surface area (Å²) < 4.78 is 18.1.